The van der Waals surface area contributed by atoms with Crippen LogP contribution in [-0.2, 0) is 4.79 Å². The molecule has 3 rings (SSSR count). The summed E-state index contributed by atoms with van der Waals surface area (Å²) in [4.78, 5) is 28.2. The zero-order chi connectivity index (χ0) is 15.0. The van der Waals surface area contributed by atoms with Crippen molar-refractivity contribution >= 4 is 57.6 Å². The monoisotopic (exact) mass is 335 g/mol. The molecule has 1 fully saturated rings. The first kappa shape index (κ1) is 14.4. The van der Waals surface area contributed by atoms with Crippen LogP contribution in [0, 0.1) is 6.92 Å². The summed E-state index contributed by atoms with van der Waals surface area (Å²) < 4.78 is 0. The van der Waals surface area contributed by atoms with Gasteiger partial charge in [-0.15, -0.1) is 11.3 Å². The number of thioether (sulfide) groups is 1. The van der Waals surface area contributed by atoms with Crippen molar-refractivity contribution in [1.82, 2.24) is 0 Å². The predicted octanol–water partition coefficient (Wildman–Crippen LogP) is 4.95. The molecule has 6 heteroatoms. The second-order valence-corrected chi connectivity index (χ2v) is 7.14. The number of amides is 2. The maximum atomic E-state index is 12.4. The van der Waals surface area contributed by atoms with Crippen molar-refractivity contribution < 1.29 is 9.59 Å². The number of halogens is 1. The van der Waals surface area contributed by atoms with Gasteiger partial charge in [0.05, 0.1) is 15.6 Å². The van der Waals surface area contributed by atoms with Crippen LogP contribution < -0.4 is 4.90 Å². The maximum absolute atomic E-state index is 12.4. The van der Waals surface area contributed by atoms with E-state index in [2.05, 4.69) is 0 Å². The lowest BCUT2D eigenvalue weighted by molar-refractivity contribution is -0.113. The van der Waals surface area contributed by atoms with Crippen LogP contribution in [0.2, 0.25) is 5.02 Å². The number of imide groups is 1. The summed E-state index contributed by atoms with van der Waals surface area (Å²) in [5.74, 6) is -0.329. The van der Waals surface area contributed by atoms with Crippen molar-refractivity contribution in [2.24, 2.45) is 0 Å². The molecule has 1 aliphatic rings. The van der Waals surface area contributed by atoms with E-state index >= 15 is 0 Å². The molecule has 3 nitrogen and oxygen atoms in total. The molecule has 21 heavy (non-hydrogen) atoms. The molecule has 0 N–H and O–H groups in total. The number of para-hydroxylation sites is 1. The molecule has 2 amide bonds. The summed E-state index contributed by atoms with van der Waals surface area (Å²) in [6.07, 6.45) is 1.75. The molecule has 1 aliphatic heterocycles. The minimum absolute atomic E-state index is 0.326. The van der Waals surface area contributed by atoms with Crippen molar-refractivity contribution in [1.29, 1.82) is 0 Å². The molecule has 0 radical (unpaired) electrons. The van der Waals surface area contributed by atoms with Crippen LogP contribution in [0.5, 0.6) is 0 Å². The topological polar surface area (TPSA) is 37.4 Å². The fourth-order valence-electron chi connectivity index (χ4n) is 1.97. The van der Waals surface area contributed by atoms with Gasteiger partial charge >= 0.3 is 0 Å². The van der Waals surface area contributed by atoms with E-state index < -0.39 is 0 Å². The lowest BCUT2D eigenvalue weighted by Gasteiger charge is -2.13. The normalized spacial score (nSPS) is 17.0. The van der Waals surface area contributed by atoms with Crippen LogP contribution in [0.3, 0.4) is 0 Å². The Morgan fingerprint density at radius 2 is 1.90 bits per heavy atom. The summed E-state index contributed by atoms with van der Waals surface area (Å²) in [6.45, 7) is 2.00. The Morgan fingerprint density at radius 1 is 1.14 bits per heavy atom. The van der Waals surface area contributed by atoms with Crippen molar-refractivity contribution in [3.63, 3.8) is 0 Å². The highest BCUT2D eigenvalue weighted by atomic mass is 35.5. The molecule has 0 unspecified atom stereocenters. The molecule has 1 saturated heterocycles. The van der Waals surface area contributed by atoms with Crippen molar-refractivity contribution in [3.8, 4) is 0 Å². The minimum Gasteiger partial charge on any atom is -0.268 e. The highest BCUT2D eigenvalue weighted by molar-refractivity contribution is 8.19. The van der Waals surface area contributed by atoms with Gasteiger partial charge < -0.3 is 0 Å². The van der Waals surface area contributed by atoms with Gasteiger partial charge in [-0.25, -0.2) is 4.90 Å². The smallest absolute Gasteiger partial charge is 0.268 e. The van der Waals surface area contributed by atoms with Crippen LogP contribution in [0.4, 0.5) is 10.5 Å². The molecular formula is C15H10ClNO2S2. The van der Waals surface area contributed by atoms with E-state index in [-0.39, 0.29) is 11.1 Å². The number of anilines is 1. The second kappa shape index (κ2) is 5.67. The third kappa shape index (κ3) is 2.77. The van der Waals surface area contributed by atoms with Crippen LogP contribution in [0.15, 0.2) is 41.3 Å². The Balaban J connectivity index is 1.96. The lowest BCUT2D eigenvalue weighted by atomic mass is 10.3. The van der Waals surface area contributed by atoms with Crippen LogP contribution in [0.25, 0.3) is 6.08 Å². The van der Waals surface area contributed by atoms with E-state index in [1.165, 1.54) is 0 Å². The number of carbonyl (C=O) groups is 2. The molecule has 0 atom stereocenters. The van der Waals surface area contributed by atoms with Crippen LogP contribution in [0.1, 0.15) is 9.75 Å². The van der Waals surface area contributed by atoms with E-state index in [0.29, 0.717) is 15.6 Å². The third-order valence-electron chi connectivity index (χ3n) is 2.92. The Kier molecular flexibility index (Phi) is 3.89. The van der Waals surface area contributed by atoms with E-state index in [0.717, 1.165) is 26.4 Å². The van der Waals surface area contributed by atoms with E-state index in [1.54, 1.807) is 41.7 Å². The number of carbonyl (C=O) groups excluding carboxylic acids is 2. The molecule has 2 heterocycles. The second-order valence-electron chi connectivity index (χ2n) is 4.42. The Hall–Kier alpha value is -1.56. The Labute approximate surface area is 135 Å². The molecule has 1 aromatic heterocycles. The number of benzene rings is 1. The first-order chi connectivity index (χ1) is 10.1. The number of rotatable bonds is 2. The number of hydrogen-bond donors (Lipinski definition) is 0. The average Bonchev–Trinajstić information content (AvgIpc) is 2.96. The summed E-state index contributed by atoms with van der Waals surface area (Å²) in [7, 11) is 0. The lowest BCUT2D eigenvalue weighted by Crippen LogP contribution is -2.27. The van der Waals surface area contributed by atoms with Gasteiger partial charge in [-0.1, -0.05) is 23.7 Å². The average molecular weight is 336 g/mol. The summed E-state index contributed by atoms with van der Waals surface area (Å²) in [5.41, 5.74) is 0.424. The largest absolute Gasteiger partial charge is 0.298 e. The molecule has 0 aliphatic carbocycles. The van der Waals surface area contributed by atoms with E-state index in [4.69, 9.17) is 11.6 Å². The first-order valence-electron chi connectivity index (χ1n) is 6.15. The van der Waals surface area contributed by atoms with Gasteiger partial charge in [-0.2, -0.15) is 0 Å². The van der Waals surface area contributed by atoms with Crippen LogP contribution in [-0.4, -0.2) is 11.1 Å². The fraction of sp³-hybridized carbons (Fsp3) is 0.0667. The van der Waals surface area contributed by atoms with Crippen molar-refractivity contribution in [2.45, 2.75) is 6.92 Å². The standard InChI is InChI=1S/C15H10ClNO2S2/c1-9-6-7-10(20-9)8-13-14(18)17(15(19)21-13)12-5-3-2-4-11(12)16/h2-8H,1H3. The Morgan fingerprint density at radius 3 is 2.57 bits per heavy atom. The van der Waals surface area contributed by atoms with Gasteiger partial charge in [0, 0.05) is 9.75 Å². The van der Waals surface area contributed by atoms with Gasteiger partial charge in [-0.05, 0) is 49.0 Å². The molecule has 2 aromatic rings. The zero-order valence-electron chi connectivity index (χ0n) is 11.0. The number of hydrogen-bond acceptors (Lipinski definition) is 4. The van der Waals surface area contributed by atoms with Gasteiger partial charge in [-0.3, -0.25) is 9.59 Å². The zero-order valence-corrected chi connectivity index (χ0v) is 13.4. The predicted molar refractivity (Wildman–Crippen MR) is 89.0 cm³/mol. The van der Waals surface area contributed by atoms with Crippen molar-refractivity contribution in [3.05, 3.63) is 56.1 Å². The highest BCUT2D eigenvalue weighted by Crippen LogP contribution is 2.38. The minimum atomic E-state index is -0.329. The molecule has 0 saturated carbocycles. The van der Waals surface area contributed by atoms with Crippen LogP contribution >= 0.6 is 34.7 Å². The summed E-state index contributed by atoms with van der Waals surface area (Å²) >= 11 is 8.59. The van der Waals surface area contributed by atoms with Gasteiger partial charge in [0.2, 0.25) is 0 Å². The molecular weight excluding hydrogens is 326 g/mol. The molecule has 0 spiro atoms. The SMILES string of the molecule is Cc1ccc(C=C2SC(=O)N(c3ccccc3Cl)C2=O)s1. The first-order valence-corrected chi connectivity index (χ1v) is 8.16. The van der Waals surface area contributed by atoms with Gasteiger partial charge in [0.25, 0.3) is 11.1 Å². The maximum Gasteiger partial charge on any atom is 0.298 e. The summed E-state index contributed by atoms with van der Waals surface area (Å²) in [6, 6.07) is 10.7. The number of aryl methyl sites for hydroxylation is 1. The number of nitrogens with zero attached hydrogens (tertiary/aromatic N) is 1. The summed E-state index contributed by atoms with van der Waals surface area (Å²) in [5, 5.41) is 0.0562. The number of thiophene rings is 1. The quantitative estimate of drug-likeness (QED) is 0.728. The Bertz CT molecular complexity index is 767. The third-order valence-corrected chi connectivity index (χ3v) is 5.06. The molecule has 106 valence electrons. The van der Waals surface area contributed by atoms with Gasteiger partial charge in [0.15, 0.2) is 0 Å². The van der Waals surface area contributed by atoms with E-state index in [9.17, 15) is 9.59 Å². The van der Waals surface area contributed by atoms with Gasteiger partial charge in [0.1, 0.15) is 0 Å². The molecule has 0 bridgehead atoms. The fourth-order valence-corrected chi connectivity index (χ4v) is 3.91. The molecule has 1 aromatic carbocycles. The highest BCUT2D eigenvalue weighted by Gasteiger charge is 2.37. The van der Waals surface area contributed by atoms with E-state index in [1.807, 2.05) is 19.1 Å². The van der Waals surface area contributed by atoms with Crippen molar-refractivity contribution in [2.75, 3.05) is 4.90 Å².